The quantitative estimate of drug-likeness (QED) is 0.354. The first-order valence-electron chi connectivity index (χ1n) is 9.46. The van der Waals surface area contributed by atoms with E-state index in [1.807, 2.05) is 0 Å². The Morgan fingerprint density at radius 1 is 1.06 bits per heavy atom. The van der Waals surface area contributed by atoms with Crippen molar-refractivity contribution in [2.24, 2.45) is 0 Å². The Morgan fingerprint density at radius 3 is 2.39 bits per heavy atom. The SMILES string of the molecule is COc1ccccc1Oc1cc(NC(=O)CCn2cc([N+](=O)[O-])c(OC)n2)cc([N+](=O)[O-])c1. The van der Waals surface area contributed by atoms with Crippen LogP contribution < -0.4 is 19.5 Å². The van der Waals surface area contributed by atoms with Gasteiger partial charge in [-0.15, -0.1) is 5.10 Å². The Labute approximate surface area is 186 Å². The molecule has 33 heavy (non-hydrogen) atoms. The zero-order chi connectivity index (χ0) is 24.0. The lowest BCUT2D eigenvalue weighted by atomic mass is 10.2. The van der Waals surface area contributed by atoms with Crippen LogP contribution in [0.1, 0.15) is 6.42 Å². The van der Waals surface area contributed by atoms with Gasteiger partial charge in [0.1, 0.15) is 11.9 Å². The van der Waals surface area contributed by atoms with Crippen molar-refractivity contribution in [1.82, 2.24) is 9.78 Å². The van der Waals surface area contributed by atoms with Gasteiger partial charge >= 0.3 is 11.6 Å². The Morgan fingerprint density at radius 2 is 1.79 bits per heavy atom. The van der Waals surface area contributed by atoms with E-state index in [-0.39, 0.29) is 41.7 Å². The minimum absolute atomic E-state index is 0.0233. The first kappa shape index (κ1) is 23.0. The fourth-order valence-corrected chi connectivity index (χ4v) is 2.87. The minimum Gasteiger partial charge on any atom is -0.493 e. The van der Waals surface area contributed by atoms with Crippen molar-refractivity contribution >= 4 is 23.0 Å². The minimum atomic E-state index is -0.644. The highest BCUT2D eigenvalue weighted by Crippen LogP contribution is 2.34. The summed E-state index contributed by atoms with van der Waals surface area (Å²) in [5, 5.41) is 28.8. The first-order chi connectivity index (χ1) is 15.8. The molecule has 1 N–H and O–H groups in total. The predicted octanol–water partition coefficient (Wildman–Crippen LogP) is 3.54. The molecule has 0 aliphatic rings. The number of hydrogen-bond donors (Lipinski definition) is 1. The standard InChI is InChI=1S/C20H19N5O8/c1-31-17-5-3-4-6-18(17)33-15-10-13(9-14(11-15)24(27)28)21-19(26)7-8-23-12-16(25(29)30)20(22-23)32-2/h3-6,9-12H,7-8H2,1-2H3,(H,21,26). The topological polar surface area (TPSA) is 161 Å². The Bertz CT molecular complexity index is 1190. The fraction of sp³-hybridized carbons (Fsp3) is 0.200. The summed E-state index contributed by atoms with van der Waals surface area (Å²) in [6.07, 6.45) is 1.05. The van der Waals surface area contributed by atoms with Crippen molar-refractivity contribution in [3.63, 3.8) is 0 Å². The number of carbonyl (C=O) groups is 1. The summed E-state index contributed by atoms with van der Waals surface area (Å²) in [5.74, 6) is 0.231. The third-order valence-corrected chi connectivity index (χ3v) is 4.35. The molecule has 1 amide bonds. The second kappa shape index (κ2) is 10.1. The number of para-hydroxylation sites is 2. The highest BCUT2D eigenvalue weighted by molar-refractivity contribution is 5.91. The molecular weight excluding hydrogens is 438 g/mol. The molecule has 0 fully saturated rings. The van der Waals surface area contributed by atoms with Gasteiger partial charge in [0.2, 0.25) is 5.91 Å². The van der Waals surface area contributed by atoms with Crippen LogP contribution >= 0.6 is 0 Å². The van der Waals surface area contributed by atoms with Crippen molar-refractivity contribution in [3.8, 4) is 23.1 Å². The third-order valence-electron chi connectivity index (χ3n) is 4.35. The molecule has 3 rings (SSSR count). The van der Waals surface area contributed by atoms with Crippen molar-refractivity contribution in [2.45, 2.75) is 13.0 Å². The largest absolute Gasteiger partial charge is 0.493 e. The van der Waals surface area contributed by atoms with Gasteiger partial charge in [-0.25, -0.2) is 0 Å². The number of anilines is 1. The number of hydrogen-bond acceptors (Lipinski definition) is 9. The molecule has 3 aromatic rings. The third kappa shape index (κ3) is 5.72. The monoisotopic (exact) mass is 457 g/mol. The van der Waals surface area contributed by atoms with Crippen LogP contribution in [0.3, 0.4) is 0 Å². The van der Waals surface area contributed by atoms with Crippen molar-refractivity contribution < 1.29 is 28.9 Å². The van der Waals surface area contributed by atoms with E-state index in [0.717, 1.165) is 6.20 Å². The molecule has 0 aliphatic heterocycles. The van der Waals surface area contributed by atoms with Gasteiger partial charge in [-0.3, -0.25) is 29.7 Å². The van der Waals surface area contributed by atoms with Gasteiger partial charge in [0, 0.05) is 18.6 Å². The smallest absolute Gasteiger partial charge is 0.350 e. The molecule has 1 heterocycles. The average Bonchev–Trinajstić information content (AvgIpc) is 3.22. The zero-order valence-electron chi connectivity index (χ0n) is 17.6. The lowest BCUT2D eigenvalue weighted by Crippen LogP contribution is -2.15. The Hall–Kier alpha value is -4.68. The van der Waals surface area contributed by atoms with Crippen molar-refractivity contribution in [3.05, 3.63) is 68.9 Å². The van der Waals surface area contributed by atoms with Crippen molar-refractivity contribution in [2.75, 3.05) is 19.5 Å². The molecule has 0 spiro atoms. The summed E-state index contributed by atoms with van der Waals surface area (Å²) < 4.78 is 17.0. The average molecular weight is 457 g/mol. The number of amides is 1. The lowest BCUT2D eigenvalue weighted by Gasteiger charge is -2.12. The molecule has 0 aliphatic carbocycles. The zero-order valence-corrected chi connectivity index (χ0v) is 17.6. The maximum Gasteiger partial charge on any atom is 0.350 e. The maximum atomic E-state index is 12.4. The van der Waals surface area contributed by atoms with Crippen LogP contribution in [0.15, 0.2) is 48.7 Å². The number of non-ortho nitro benzene ring substituents is 1. The number of nitro benzene ring substituents is 1. The molecule has 2 aromatic carbocycles. The van der Waals surface area contributed by atoms with E-state index in [9.17, 15) is 25.0 Å². The number of aryl methyl sites for hydroxylation is 1. The number of nitrogens with zero attached hydrogens (tertiary/aromatic N) is 4. The number of nitro groups is 2. The van der Waals surface area contributed by atoms with Crippen LogP contribution in [-0.4, -0.2) is 39.8 Å². The van der Waals surface area contributed by atoms with Crippen LogP contribution in [0.2, 0.25) is 0 Å². The molecule has 0 radical (unpaired) electrons. The molecule has 13 heteroatoms. The van der Waals surface area contributed by atoms with Crippen LogP contribution in [0.5, 0.6) is 23.1 Å². The summed E-state index contributed by atoms with van der Waals surface area (Å²) in [6, 6.07) is 10.6. The second-order valence-electron chi connectivity index (χ2n) is 6.57. The number of ether oxygens (including phenoxy) is 3. The van der Waals surface area contributed by atoms with Gasteiger partial charge in [-0.05, 0) is 12.1 Å². The van der Waals surface area contributed by atoms with E-state index in [1.54, 1.807) is 24.3 Å². The van der Waals surface area contributed by atoms with Gasteiger partial charge in [0.05, 0.1) is 42.4 Å². The molecule has 0 atom stereocenters. The summed E-state index contributed by atoms with van der Waals surface area (Å²) in [4.78, 5) is 33.4. The van der Waals surface area contributed by atoms with Crippen LogP contribution in [-0.2, 0) is 11.3 Å². The van der Waals surface area contributed by atoms with E-state index in [1.165, 1.54) is 37.1 Å². The number of aromatic nitrogens is 2. The summed E-state index contributed by atoms with van der Waals surface area (Å²) in [5.41, 5.74) is -0.469. The van der Waals surface area contributed by atoms with E-state index >= 15 is 0 Å². The molecule has 0 bridgehead atoms. The van der Waals surface area contributed by atoms with Crippen LogP contribution in [0.4, 0.5) is 17.1 Å². The predicted molar refractivity (Wildman–Crippen MR) is 115 cm³/mol. The van der Waals surface area contributed by atoms with E-state index in [4.69, 9.17) is 14.2 Å². The Balaban J connectivity index is 1.74. The molecule has 13 nitrogen and oxygen atoms in total. The van der Waals surface area contributed by atoms with E-state index < -0.39 is 15.8 Å². The number of rotatable bonds is 10. The summed E-state index contributed by atoms with van der Waals surface area (Å²) >= 11 is 0. The summed E-state index contributed by atoms with van der Waals surface area (Å²) in [6.45, 7) is 0.0233. The van der Waals surface area contributed by atoms with Gasteiger partial charge in [0.15, 0.2) is 11.5 Å². The number of methoxy groups -OCH3 is 2. The van der Waals surface area contributed by atoms with Gasteiger partial charge < -0.3 is 19.5 Å². The van der Waals surface area contributed by atoms with Crippen LogP contribution in [0.25, 0.3) is 0 Å². The van der Waals surface area contributed by atoms with E-state index in [0.29, 0.717) is 11.5 Å². The van der Waals surface area contributed by atoms with Gasteiger partial charge in [-0.2, -0.15) is 0 Å². The molecule has 0 unspecified atom stereocenters. The number of nitrogens with one attached hydrogen (secondary N) is 1. The molecule has 0 saturated heterocycles. The highest BCUT2D eigenvalue weighted by Gasteiger charge is 2.20. The van der Waals surface area contributed by atoms with E-state index in [2.05, 4.69) is 10.4 Å². The first-order valence-corrected chi connectivity index (χ1v) is 9.46. The van der Waals surface area contributed by atoms with Gasteiger partial charge in [-0.1, -0.05) is 12.1 Å². The lowest BCUT2D eigenvalue weighted by molar-refractivity contribution is -0.385. The molecule has 1 aromatic heterocycles. The van der Waals surface area contributed by atoms with Crippen molar-refractivity contribution in [1.29, 1.82) is 0 Å². The maximum absolute atomic E-state index is 12.4. The number of benzene rings is 2. The molecular formula is C20H19N5O8. The molecule has 172 valence electrons. The summed E-state index contributed by atoms with van der Waals surface area (Å²) in [7, 11) is 2.71. The number of carbonyl (C=O) groups excluding carboxylic acids is 1. The van der Waals surface area contributed by atoms with Crippen LogP contribution in [0, 0.1) is 20.2 Å². The highest BCUT2D eigenvalue weighted by atomic mass is 16.6. The second-order valence-corrected chi connectivity index (χ2v) is 6.57. The fourth-order valence-electron chi connectivity index (χ4n) is 2.87. The van der Waals surface area contributed by atoms with Gasteiger partial charge in [0.25, 0.3) is 5.69 Å². The molecule has 0 saturated carbocycles. The Kier molecular flexibility index (Phi) is 7.03. The normalized spacial score (nSPS) is 10.4.